The molecule has 0 aromatic heterocycles. The van der Waals surface area contributed by atoms with E-state index in [0.717, 1.165) is 31.0 Å². The molecule has 0 radical (unpaired) electrons. The molecule has 1 saturated heterocycles. The fraction of sp³-hybridized carbons (Fsp3) is 1.00. The predicted molar refractivity (Wildman–Crippen MR) is 72.0 cm³/mol. The molecule has 4 N–H and O–H groups in total. The van der Waals surface area contributed by atoms with Crippen LogP contribution in [0.2, 0.25) is 0 Å². The molecule has 0 amide bonds. The largest absolute Gasteiger partial charge is 0.394 e. The van der Waals surface area contributed by atoms with Crippen molar-refractivity contribution in [2.24, 2.45) is 0 Å². The number of aliphatic hydroxyl groups excluding tert-OH is 4. The maximum absolute atomic E-state index is 9.87. The average molecular weight is 343 g/mol. The second-order valence-corrected chi connectivity index (χ2v) is 5.46. The van der Waals surface area contributed by atoms with Gasteiger partial charge in [0.1, 0.15) is 24.4 Å². The first-order valence-electron chi connectivity index (χ1n) is 6.60. The van der Waals surface area contributed by atoms with Crippen LogP contribution < -0.4 is 0 Å². The lowest BCUT2D eigenvalue weighted by Crippen LogP contribution is -2.59. The third-order valence-electron chi connectivity index (χ3n) is 3.18. The summed E-state index contributed by atoms with van der Waals surface area (Å²) in [5.74, 6) is 0. The lowest BCUT2D eigenvalue weighted by atomic mass is 9.99. The molecule has 1 aliphatic rings. The normalized spacial score (nSPS) is 35.5. The first-order chi connectivity index (χ1) is 9.11. The maximum atomic E-state index is 9.87. The summed E-state index contributed by atoms with van der Waals surface area (Å²) in [5.41, 5.74) is 0. The minimum atomic E-state index is -1.45. The number of halogens is 1. The Labute approximate surface area is 121 Å². The Morgan fingerprint density at radius 3 is 2.32 bits per heavy atom. The van der Waals surface area contributed by atoms with Crippen molar-refractivity contribution in [2.45, 2.75) is 56.4 Å². The van der Waals surface area contributed by atoms with Crippen molar-refractivity contribution in [3.63, 3.8) is 0 Å². The summed E-state index contributed by atoms with van der Waals surface area (Å²) in [4.78, 5) is 0. The summed E-state index contributed by atoms with van der Waals surface area (Å²) < 4.78 is 10.3. The van der Waals surface area contributed by atoms with Crippen molar-refractivity contribution < 1.29 is 29.9 Å². The molecule has 0 aliphatic carbocycles. The van der Waals surface area contributed by atoms with Gasteiger partial charge in [0.2, 0.25) is 0 Å². The number of hydrogen-bond acceptors (Lipinski definition) is 6. The van der Waals surface area contributed by atoms with Crippen LogP contribution in [-0.2, 0) is 9.47 Å². The zero-order valence-electron chi connectivity index (χ0n) is 10.8. The van der Waals surface area contributed by atoms with Crippen LogP contribution in [0.1, 0.15) is 25.7 Å². The molecule has 0 aromatic carbocycles. The molecule has 1 fully saturated rings. The number of ether oxygens (including phenoxy) is 2. The first kappa shape index (κ1) is 17.3. The van der Waals surface area contributed by atoms with E-state index in [1.807, 2.05) is 0 Å². The highest BCUT2D eigenvalue weighted by Gasteiger charge is 2.44. The number of rotatable bonds is 8. The van der Waals surface area contributed by atoms with E-state index in [9.17, 15) is 15.3 Å². The molecule has 1 heterocycles. The molecule has 114 valence electrons. The molecule has 0 aromatic rings. The number of hydrogen-bond donors (Lipinski definition) is 4. The van der Waals surface area contributed by atoms with E-state index in [1.54, 1.807) is 0 Å². The topological polar surface area (TPSA) is 99.4 Å². The Balaban J connectivity index is 2.32. The van der Waals surface area contributed by atoms with Crippen LogP contribution in [0.25, 0.3) is 0 Å². The van der Waals surface area contributed by atoms with E-state index in [-0.39, 0.29) is 0 Å². The molecular weight excluding hydrogens is 320 g/mol. The third kappa shape index (κ3) is 5.26. The summed E-state index contributed by atoms with van der Waals surface area (Å²) in [6, 6.07) is 0. The van der Waals surface area contributed by atoms with Gasteiger partial charge in [0.15, 0.2) is 6.29 Å². The van der Waals surface area contributed by atoms with E-state index >= 15 is 0 Å². The van der Waals surface area contributed by atoms with Gasteiger partial charge in [-0.25, -0.2) is 0 Å². The van der Waals surface area contributed by atoms with Crippen LogP contribution in [0, 0.1) is 0 Å². The van der Waals surface area contributed by atoms with E-state index < -0.39 is 37.3 Å². The minimum absolute atomic E-state index is 0.395. The van der Waals surface area contributed by atoms with Crippen molar-refractivity contribution in [1.29, 1.82) is 0 Å². The molecular formula is C12H23BrO6. The lowest BCUT2D eigenvalue weighted by Gasteiger charge is -2.39. The number of unbranched alkanes of at least 4 members (excludes halogenated alkanes) is 3. The van der Waals surface area contributed by atoms with Gasteiger partial charge >= 0.3 is 0 Å². The lowest BCUT2D eigenvalue weighted by molar-refractivity contribution is -0.294. The smallest absolute Gasteiger partial charge is 0.184 e. The van der Waals surface area contributed by atoms with Gasteiger partial charge in [0.25, 0.3) is 0 Å². The highest BCUT2D eigenvalue weighted by molar-refractivity contribution is 9.09. The zero-order chi connectivity index (χ0) is 14.3. The zero-order valence-corrected chi connectivity index (χ0v) is 12.4. The van der Waals surface area contributed by atoms with Gasteiger partial charge in [-0.2, -0.15) is 0 Å². The van der Waals surface area contributed by atoms with Gasteiger partial charge in [0, 0.05) is 11.9 Å². The van der Waals surface area contributed by atoms with Gasteiger partial charge in [-0.05, 0) is 12.8 Å². The van der Waals surface area contributed by atoms with E-state index in [1.165, 1.54) is 0 Å². The third-order valence-corrected chi connectivity index (χ3v) is 3.74. The fourth-order valence-electron chi connectivity index (χ4n) is 2.03. The highest BCUT2D eigenvalue weighted by Crippen LogP contribution is 2.22. The predicted octanol–water partition coefficient (Wildman–Crippen LogP) is -0.242. The summed E-state index contributed by atoms with van der Waals surface area (Å²) in [6.45, 7) is -0.0397. The molecule has 0 bridgehead atoms. The Bertz CT molecular complexity index is 242. The van der Waals surface area contributed by atoms with Crippen molar-refractivity contribution in [3.05, 3.63) is 0 Å². The van der Waals surface area contributed by atoms with Crippen LogP contribution in [0.5, 0.6) is 0 Å². The van der Waals surface area contributed by atoms with Crippen molar-refractivity contribution in [2.75, 3.05) is 18.5 Å². The van der Waals surface area contributed by atoms with Crippen LogP contribution in [-0.4, -0.2) is 69.7 Å². The van der Waals surface area contributed by atoms with Gasteiger partial charge in [-0.15, -0.1) is 0 Å². The monoisotopic (exact) mass is 342 g/mol. The first-order valence-corrected chi connectivity index (χ1v) is 7.72. The molecule has 1 aliphatic heterocycles. The van der Waals surface area contributed by atoms with Gasteiger partial charge in [-0.3, -0.25) is 0 Å². The molecule has 0 saturated carbocycles. The van der Waals surface area contributed by atoms with Crippen LogP contribution in [0.3, 0.4) is 0 Å². The molecule has 1 rings (SSSR count). The number of aliphatic hydroxyl groups is 4. The Morgan fingerprint density at radius 1 is 1.00 bits per heavy atom. The standard InChI is InChI=1S/C12H23BrO6/c13-5-3-1-2-4-6-18-11-9(15)8(7-14)19-12(17)10(11)16/h8-12,14-17H,1-7H2/t8-,9-,10-,11+,12?/m1/s1. The number of alkyl halides is 1. The molecule has 19 heavy (non-hydrogen) atoms. The van der Waals surface area contributed by atoms with Crippen molar-refractivity contribution >= 4 is 15.9 Å². The van der Waals surface area contributed by atoms with Gasteiger partial charge in [0.05, 0.1) is 6.61 Å². The van der Waals surface area contributed by atoms with E-state index in [2.05, 4.69) is 15.9 Å². The average Bonchev–Trinajstić information content (AvgIpc) is 2.41. The molecule has 6 nitrogen and oxygen atoms in total. The molecule has 0 spiro atoms. The van der Waals surface area contributed by atoms with Crippen LogP contribution in [0.4, 0.5) is 0 Å². The van der Waals surface area contributed by atoms with Gasteiger partial charge in [-0.1, -0.05) is 28.8 Å². The SMILES string of the molecule is OC[C@H]1OC(O)[C@H](O)[C@@H](OCCCCCCBr)[C@@H]1O. The van der Waals surface area contributed by atoms with Crippen molar-refractivity contribution in [1.82, 2.24) is 0 Å². The molecule has 1 unspecified atom stereocenters. The van der Waals surface area contributed by atoms with Gasteiger partial charge < -0.3 is 29.9 Å². The van der Waals surface area contributed by atoms with Crippen LogP contribution in [0.15, 0.2) is 0 Å². The molecule has 7 heteroatoms. The highest BCUT2D eigenvalue weighted by atomic mass is 79.9. The summed E-state index contributed by atoms with van der Waals surface area (Å²) in [6.07, 6.45) is -1.74. The minimum Gasteiger partial charge on any atom is -0.394 e. The second kappa shape index (κ2) is 9.23. The van der Waals surface area contributed by atoms with Crippen molar-refractivity contribution in [3.8, 4) is 0 Å². The molecule has 5 atom stereocenters. The maximum Gasteiger partial charge on any atom is 0.184 e. The Morgan fingerprint density at radius 2 is 1.68 bits per heavy atom. The Hall–Kier alpha value is 0.240. The van der Waals surface area contributed by atoms with Crippen LogP contribution >= 0.6 is 15.9 Å². The summed E-state index contributed by atoms with van der Waals surface area (Å²) >= 11 is 3.36. The quantitative estimate of drug-likeness (QED) is 0.359. The second-order valence-electron chi connectivity index (χ2n) is 4.67. The van der Waals surface area contributed by atoms with E-state index in [0.29, 0.717) is 6.61 Å². The Kier molecular flexibility index (Phi) is 8.40. The van der Waals surface area contributed by atoms with E-state index in [4.69, 9.17) is 14.6 Å². The summed E-state index contributed by atoms with van der Waals surface area (Å²) in [7, 11) is 0. The summed E-state index contributed by atoms with van der Waals surface area (Å²) in [5, 5.41) is 39.0. The fourth-order valence-corrected chi connectivity index (χ4v) is 2.43.